The van der Waals surface area contributed by atoms with Crippen molar-refractivity contribution >= 4 is 28.8 Å². The lowest BCUT2D eigenvalue weighted by Crippen LogP contribution is -2.05. The van der Waals surface area contributed by atoms with Crippen LogP contribution in [0, 0.1) is 18.6 Å². The van der Waals surface area contributed by atoms with E-state index in [1.54, 1.807) is 6.92 Å². The Morgan fingerprint density at radius 2 is 1.86 bits per heavy atom. The summed E-state index contributed by atoms with van der Waals surface area (Å²) in [7, 11) is 0. The molecule has 0 fully saturated rings. The quantitative estimate of drug-likeness (QED) is 0.506. The molecule has 0 aliphatic rings. The van der Waals surface area contributed by atoms with Crippen LogP contribution in [0.1, 0.15) is 22.8 Å². The molecule has 0 saturated heterocycles. The van der Waals surface area contributed by atoms with Crippen molar-refractivity contribution in [3.8, 4) is 11.5 Å². The molecule has 2 aromatic rings. The number of hydrogen-bond acceptors (Lipinski definition) is 4. The first-order chi connectivity index (χ1) is 10.2. The Morgan fingerprint density at radius 1 is 1.23 bits per heavy atom. The standard InChI is InChI=1S/C15H13ClF2N2O2/c1-6-11(4-3-9(19)12(6)7(2)21)22-15-13(16)10(20)5-8(17)14(15)18/h3-5H,19-20H2,1-2H3. The fourth-order valence-corrected chi connectivity index (χ4v) is 2.27. The van der Waals surface area contributed by atoms with Gasteiger partial charge in [-0.2, -0.15) is 4.39 Å². The molecule has 2 aromatic carbocycles. The summed E-state index contributed by atoms with van der Waals surface area (Å²) >= 11 is 5.86. The highest BCUT2D eigenvalue weighted by Gasteiger charge is 2.20. The van der Waals surface area contributed by atoms with Gasteiger partial charge in [0.2, 0.25) is 5.82 Å². The molecule has 7 heteroatoms. The molecule has 22 heavy (non-hydrogen) atoms. The summed E-state index contributed by atoms with van der Waals surface area (Å²) in [6, 6.07) is 3.64. The lowest BCUT2D eigenvalue weighted by molar-refractivity contribution is 0.101. The van der Waals surface area contributed by atoms with Gasteiger partial charge < -0.3 is 16.2 Å². The normalized spacial score (nSPS) is 10.6. The lowest BCUT2D eigenvalue weighted by atomic mass is 10.0. The van der Waals surface area contributed by atoms with Crippen LogP contribution in [0.3, 0.4) is 0 Å². The molecule has 4 N–H and O–H groups in total. The predicted octanol–water partition coefficient (Wildman–Crippen LogP) is 4.09. The van der Waals surface area contributed by atoms with Crippen LogP contribution in [0.5, 0.6) is 11.5 Å². The third-order valence-corrected chi connectivity index (χ3v) is 3.55. The summed E-state index contributed by atoms with van der Waals surface area (Å²) < 4.78 is 32.6. The number of Topliss-reactive ketones (excluding diaryl/α,β-unsaturated/α-hetero) is 1. The maximum atomic E-state index is 13.9. The van der Waals surface area contributed by atoms with Crippen molar-refractivity contribution in [3.05, 3.63) is 46.0 Å². The Hall–Kier alpha value is -2.34. The van der Waals surface area contributed by atoms with E-state index in [1.165, 1.54) is 19.1 Å². The molecule has 2 rings (SSSR count). The number of benzene rings is 2. The Kier molecular flexibility index (Phi) is 4.23. The number of carbonyl (C=O) groups excluding carboxylic acids is 1. The van der Waals surface area contributed by atoms with Gasteiger partial charge in [-0.05, 0) is 26.0 Å². The number of ketones is 1. The van der Waals surface area contributed by atoms with Crippen LogP contribution in [0.25, 0.3) is 0 Å². The molecule has 0 atom stereocenters. The van der Waals surface area contributed by atoms with E-state index in [1.807, 2.05) is 0 Å². The fraction of sp³-hybridized carbons (Fsp3) is 0.133. The van der Waals surface area contributed by atoms with Gasteiger partial charge in [0.25, 0.3) is 0 Å². The highest BCUT2D eigenvalue weighted by molar-refractivity contribution is 6.34. The SMILES string of the molecule is CC(=O)c1c(N)ccc(Oc2c(F)c(F)cc(N)c2Cl)c1C. The molecule has 0 saturated carbocycles. The largest absolute Gasteiger partial charge is 0.452 e. The zero-order valence-electron chi connectivity index (χ0n) is 11.8. The first-order valence-corrected chi connectivity index (χ1v) is 6.62. The summed E-state index contributed by atoms with van der Waals surface area (Å²) in [6.45, 7) is 2.92. The zero-order valence-corrected chi connectivity index (χ0v) is 12.6. The summed E-state index contributed by atoms with van der Waals surface area (Å²) in [4.78, 5) is 11.6. The van der Waals surface area contributed by atoms with Crippen molar-refractivity contribution in [2.24, 2.45) is 0 Å². The molecule has 0 bridgehead atoms. The molecule has 0 radical (unpaired) electrons. The molecule has 0 heterocycles. The predicted molar refractivity (Wildman–Crippen MR) is 81.5 cm³/mol. The van der Waals surface area contributed by atoms with Crippen molar-refractivity contribution in [1.82, 2.24) is 0 Å². The topological polar surface area (TPSA) is 78.3 Å². The van der Waals surface area contributed by atoms with E-state index >= 15 is 0 Å². The summed E-state index contributed by atoms with van der Waals surface area (Å²) in [5, 5.41) is -0.250. The molecular formula is C15H13ClF2N2O2. The average molecular weight is 327 g/mol. The first-order valence-electron chi connectivity index (χ1n) is 6.24. The zero-order chi connectivity index (χ0) is 16.6. The number of ether oxygens (including phenoxy) is 1. The molecule has 4 nitrogen and oxygen atoms in total. The third kappa shape index (κ3) is 2.69. The molecule has 0 unspecified atom stereocenters. The number of nitrogen functional groups attached to an aromatic ring is 2. The van der Waals surface area contributed by atoms with Crippen molar-refractivity contribution in [2.75, 3.05) is 11.5 Å². The number of anilines is 2. The van der Waals surface area contributed by atoms with Gasteiger partial charge in [0, 0.05) is 22.9 Å². The summed E-state index contributed by atoms with van der Waals surface area (Å²) in [5.41, 5.74) is 12.0. The molecule has 0 spiro atoms. The maximum Gasteiger partial charge on any atom is 0.202 e. The summed E-state index contributed by atoms with van der Waals surface area (Å²) in [5.74, 6) is -3.13. The van der Waals surface area contributed by atoms with Crippen LogP contribution in [-0.4, -0.2) is 5.78 Å². The molecule has 0 aliphatic carbocycles. The van der Waals surface area contributed by atoms with Gasteiger partial charge in [-0.3, -0.25) is 4.79 Å². The van der Waals surface area contributed by atoms with Gasteiger partial charge in [-0.1, -0.05) is 11.6 Å². The van der Waals surface area contributed by atoms with E-state index in [0.29, 0.717) is 5.56 Å². The van der Waals surface area contributed by atoms with Gasteiger partial charge in [0.15, 0.2) is 17.3 Å². The van der Waals surface area contributed by atoms with Crippen molar-refractivity contribution in [2.45, 2.75) is 13.8 Å². The number of halogens is 3. The van der Waals surface area contributed by atoms with E-state index in [-0.39, 0.29) is 33.5 Å². The third-order valence-electron chi connectivity index (χ3n) is 3.16. The minimum absolute atomic E-state index is 0.130. The van der Waals surface area contributed by atoms with Crippen molar-refractivity contribution in [3.63, 3.8) is 0 Å². The number of nitrogens with two attached hydrogens (primary N) is 2. The van der Waals surface area contributed by atoms with E-state index < -0.39 is 17.4 Å². The Morgan fingerprint density at radius 3 is 2.45 bits per heavy atom. The van der Waals surface area contributed by atoms with E-state index in [0.717, 1.165) is 6.07 Å². The van der Waals surface area contributed by atoms with Crippen molar-refractivity contribution < 1.29 is 18.3 Å². The molecule has 0 aromatic heterocycles. The van der Waals surface area contributed by atoms with Crippen LogP contribution >= 0.6 is 11.6 Å². The van der Waals surface area contributed by atoms with Gasteiger partial charge in [0.05, 0.1) is 5.69 Å². The smallest absolute Gasteiger partial charge is 0.202 e. The number of hydrogen-bond donors (Lipinski definition) is 2. The second-order valence-electron chi connectivity index (χ2n) is 4.72. The van der Waals surface area contributed by atoms with Crippen LogP contribution in [0.2, 0.25) is 5.02 Å². The van der Waals surface area contributed by atoms with Gasteiger partial charge in [0.1, 0.15) is 10.8 Å². The van der Waals surface area contributed by atoms with E-state index in [9.17, 15) is 13.6 Å². The van der Waals surface area contributed by atoms with E-state index in [2.05, 4.69) is 0 Å². The van der Waals surface area contributed by atoms with Gasteiger partial charge >= 0.3 is 0 Å². The Bertz CT molecular complexity index is 753. The fourth-order valence-electron chi connectivity index (χ4n) is 2.09. The Balaban J connectivity index is 2.58. The average Bonchev–Trinajstić information content (AvgIpc) is 2.43. The van der Waals surface area contributed by atoms with Crippen LogP contribution < -0.4 is 16.2 Å². The van der Waals surface area contributed by atoms with Gasteiger partial charge in [-0.25, -0.2) is 4.39 Å². The number of carbonyl (C=O) groups is 1. The molecule has 0 aliphatic heterocycles. The Labute approximate surface area is 130 Å². The molecular weight excluding hydrogens is 314 g/mol. The molecule has 116 valence electrons. The monoisotopic (exact) mass is 326 g/mol. The minimum atomic E-state index is -1.26. The second-order valence-corrected chi connectivity index (χ2v) is 5.09. The van der Waals surface area contributed by atoms with Crippen molar-refractivity contribution in [1.29, 1.82) is 0 Å². The lowest BCUT2D eigenvalue weighted by Gasteiger charge is -2.15. The summed E-state index contributed by atoms with van der Waals surface area (Å²) in [6.07, 6.45) is 0. The highest BCUT2D eigenvalue weighted by Crippen LogP contribution is 2.39. The van der Waals surface area contributed by atoms with Crippen LogP contribution in [0.4, 0.5) is 20.2 Å². The van der Waals surface area contributed by atoms with Crippen LogP contribution in [0.15, 0.2) is 18.2 Å². The number of rotatable bonds is 3. The first kappa shape index (κ1) is 16.0. The minimum Gasteiger partial charge on any atom is -0.452 e. The van der Waals surface area contributed by atoms with Crippen LogP contribution in [-0.2, 0) is 0 Å². The maximum absolute atomic E-state index is 13.9. The molecule has 0 amide bonds. The highest BCUT2D eigenvalue weighted by atomic mass is 35.5. The van der Waals surface area contributed by atoms with E-state index in [4.69, 9.17) is 27.8 Å². The van der Waals surface area contributed by atoms with Gasteiger partial charge in [-0.15, -0.1) is 0 Å². The second kappa shape index (κ2) is 5.81.